The second-order valence-corrected chi connectivity index (χ2v) is 2.70. The zero-order chi connectivity index (χ0) is 11.4. The number of rotatable bonds is 3. The van der Waals surface area contributed by atoms with Gasteiger partial charge >= 0.3 is 5.82 Å². The molecule has 0 spiro atoms. The first kappa shape index (κ1) is 10.8. The molecule has 0 aliphatic heterocycles. The predicted octanol–water partition coefficient (Wildman–Crippen LogP) is 0.761. The summed E-state index contributed by atoms with van der Waals surface area (Å²) in [5.74, 6) is -0.865. The third-order valence-corrected chi connectivity index (χ3v) is 1.46. The fourth-order valence-corrected chi connectivity index (χ4v) is 0.966. The van der Waals surface area contributed by atoms with Crippen molar-refractivity contribution in [2.75, 3.05) is 5.32 Å². The highest BCUT2D eigenvalue weighted by molar-refractivity contribution is 5.90. The maximum atomic E-state index is 10.7. The first-order valence-corrected chi connectivity index (χ1v) is 3.92. The highest BCUT2D eigenvalue weighted by Gasteiger charge is 2.13. The maximum Gasteiger partial charge on any atom is 0.366 e. The van der Waals surface area contributed by atoms with Gasteiger partial charge in [-0.1, -0.05) is 0 Å². The SMILES string of the molecule is CC(=O)Nc1cc(C=O)nc([N+](=O)[O-])c1. The monoisotopic (exact) mass is 209 g/mol. The zero-order valence-corrected chi connectivity index (χ0v) is 7.76. The van der Waals surface area contributed by atoms with Gasteiger partial charge in [-0.2, -0.15) is 0 Å². The van der Waals surface area contributed by atoms with Crippen LogP contribution in [-0.4, -0.2) is 22.1 Å². The van der Waals surface area contributed by atoms with E-state index in [-0.39, 0.29) is 17.3 Å². The molecular weight excluding hydrogens is 202 g/mol. The number of nitro groups is 1. The fraction of sp³-hybridized carbons (Fsp3) is 0.125. The van der Waals surface area contributed by atoms with Crippen molar-refractivity contribution in [2.24, 2.45) is 0 Å². The van der Waals surface area contributed by atoms with E-state index in [9.17, 15) is 19.7 Å². The van der Waals surface area contributed by atoms with Crippen LogP contribution in [0, 0.1) is 10.1 Å². The summed E-state index contributed by atoms with van der Waals surface area (Å²) >= 11 is 0. The Morgan fingerprint density at radius 2 is 2.27 bits per heavy atom. The van der Waals surface area contributed by atoms with E-state index in [0.29, 0.717) is 6.29 Å². The summed E-state index contributed by atoms with van der Waals surface area (Å²) in [6, 6.07) is 2.33. The van der Waals surface area contributed by atoms with Crippen molar-refractivity contribution in [3.63, 3.8) is 0 Å². The minimum atomic E-state index is -0.738. The molecule has 0 unspecified atom stereocenters. The Labute approximate surface area is 84.3 Å². The van der Waals surface area contributed by atoms with Crippen molar-refractivity contribution in [1.82, 2.24) is 4.98 Å². The zero-order valence-electron chi connectivity index (χ0n) is 7.76. The number of anilines is 1. The van der Waals surface area contributed by atoms with Crippen LogP contribution < -0.4 is 5.32 Å². The molecule has 0 saturated carbocycles. The Morgan fingerprint density at radius 1 is 1.60 bits per heavy atom. The molecule has 15 heavy (non-hydrogen) atoms. The topological polar surface area (TPSA) is 102 Å². The van der Waals surface area contributed by atoms with Crippen LogP contribution in [-0.2, 0) is 4.79 Å². The summed E-state index contributed by atoms with van der Waals surface area (Å²) in [6.45, 7) is 1.26. The fourth-order valence-electron chi connectivity index (χ4n) is 0.966. The van der Waals surface area contributed by atoms with E-state index in [0.717, 1.165) is 6.07 Å². The van der Waals surface area contributed by atoms with E-state index in [1.807, 2.05) is 0 Å². The first-order chi connectivity index (χ1) is 7.02. The summed E-state index contributed by atoms with van der Waals surface area (Å²) in [5.41, 5.74) is 0.0688. The van der Waals surface area contributed by atoms with Crippen LogP contribution in [0.2, 0.25) is 0 Å². The van der Waals surface area contributed by atoms with Gasteiger partial charge in [-0.25, -0.2) is 0 Å². The number of carbonyl (C=O) groups is 2. The number of aldehydes is 1. The van der Waals surface area contributed by atoms with Gasteiger partial charge in [-0.05, 0) is 9.91 Å². The van der Waals surface area contributed by atoms with Gasteiger partial charge < -0.3 is 15.4 Å². The molecule has 0 aliphatic carbocycles. The lowest BCUT2D eigenvalue weighted by molar-refractivity contribution is -0.389. The molecule has 1 rings (SSSR count). The van der Waals surface area contributed by atoms with Crippen LogP contribution in [0.4, 0.5) is 11.5 Å². The number of nitrogens with one attached hydrogen (secondary N) is 1. The summed E-state index contributed by atoms with van der Waals surface area (Å²) in [4.78, 5) is 34.2. The highest BCUT2D eigenvalue weighted by atomic mass is 16.6. The summed E-state index contributed by atoms with van der Waals surface area (Å²) < 4.78 is 0. The van der Waals surface area contributed by atoms with Crippen molar-refractivity contribution >= 4 is 23.7 Å². The van der Waals surface area contributed by atoms with E-state index in [2.05, 4.69) is 10.3 Å². The molecule has 0 fully saturated rings. The number of amides is 1. The third-order valence-electron chi connectivity index (χ3n) is 1.46. The van der Waals surface area contributed by atoms with Crippen molar-refractivity contribution < 1.29 is 14.5 Å². The van der Waals surface area contributed by atoms with E-state index < -0.39 is 10.7 Å². The number of aromatic nitrogens is 1. The number of hydrogen-bond acceptors (Lipinski definition) is 5. The number of carbonyl (C=O) groups excluding carboxylic acids is 2. The van der Waals surface area contributed by atoms with Gasteiger partial charge in [0.15, 0.2) is 6.29 Å². The highest BCUT2D eigenvalue weighted by Crippen LogP contribution is 2.16. The first-order valence-electron chi connectivity index (χ1n) is 3.92. The second kappa shape index (κ2) is 4.27. The molecular formula is C8H7N3O4. The summed E-state index contributed by atoms with van der Waals surface area (Å²) in [6.07, 6.45) is 0.373. The van der Waals surface area contributed by atoms with E-state index in [1.165, 1.54) is 13.0 Å². The van der Waals surface area contributed by atoms with Gasteiger partial charge in [-0.15, -0.1) is 0 Å². The Hall–Kier alpha value is -2.31. The molecule has 0 saturated heterocycles. The lowest BCUT2D eigenvalue weighted by Crippen LogP contribution is -2.07. The Kier molecular flexibility index (Phi) is 3.06. The molecule has 7 heteroatoms. The van der Waals surface area contributed by atoms with Crippen LogP contribution in [0.3, 0.4) is 0 Å². The van der Waals surface area contributed by atoms with E-state index >= 15 is 0 Å². The normalized spacial score (nSPS) is 9.40. The lowest BCUT2D eigenvalue weighted by Gasteiger charge is -2.00. The van der Waals surface area contributed by atoms with Gasteiger partial charge in [0, 0.05) is 13.0 Å². The Balaban J connectivity index is 3.16. The second-order valence-electron chi connectivity index (χ2n) is 2.70. The number of hydrogen-bond donors (Lipinski definition) is 1. The van der Waals surface area contributed by atoms with Crippen LogP contribution in [0.15, 0.2) is 12.1 Å². The Morgan fingerprint density at radius 3 is 2.73 bits per heavy atom. The van der Waals surface area contributed by atoms with Crippen LogP contribution in [0.5, 0.6) is 0 Å². The lowest BCUT2D eigenvalue weighted by atomic mass is 10.3. The summed E-state index contributed by atoms with van der Waals surface area (Å²) in [5, 5.41) is 12.8. The molecule has 0 aromatic carbocycles. The minimum Gasteiger partial charge on any atom is -0.358 e. The number of nitrogens with zero attached hydrogens (tertiary/aromatic N) is 2. The van der Waals surface area contributed by atoms with Crippen molar-refractivity contribution in [1.29, 1.82) is 0 Å². The third kappa shape index (κ3) is 2.83. The van der Waals surface area contributed by atoms with E-state index in [1.54, 1.807) is 0 Å². The Bertz CT molecular complexity index is 430. The van der Waals surface area contributed by atoms with Crippen LogP contribution >= 0.6 is 0 Å². The molecule has 78 valence electrons. The quantitative estimate of drug-likeness (QED) is 0.449. The van der Waals surface area contributed by atoms with E-state index in [4.69, 9.17) is 0 Å². The molecule has 0 atom stereocenters. The largest absolute Gasteiger partial charge is 0.366 e. The van der Waals surface area contributed by atoms with Crippen molar-refractivity contribution in [3.8, 4) is 0 Å². The molecule has 0 radical (unpaired) electrons. The predicted molar refractivity (Wildman–Crippen MR) is 50.6 cm³/mol. The van der Waals surface area contributed by atoms with Crippen LogP contribution in [0.1, 0.15) is 17.4 Å². The molecule has 1 N–H and O–H groups in total. The van der Waals surface area contributed by atoms with Gasteiger partial charge in [0.25, 0.3) is 0 Å². The minimum absolute atomic E-state index is 0.104. The van der Waals surface area contributed by atoms with Gasteiger partial charge in [0.05, 0.1) is 11.8 Å². The van der Waals surface area contributed by atoms with Crippen molar-refractivity contribution in [2.45, 2.75) is 6.92 Å². The van der Waals surface area contributed by atoms with Crippen LogP contribution in [0.25, 0.3) is 0 Å². The molecule has 1 heterocycles. The average molecular weight is 209 g/mol. The number of pyridine rings is 1. The molecule has 0 aliphatic rings. The van der Waals surface area contributed by atoms with Gasteiger partial charge in [-0.3, -0.25) is 9.59 Å². The average Bonchev–Trinajstić information content (AvgIpc) is 2.16. The standard InChI is InChI=1S/C8H7N3O4/c1-5(13)9-6-2-7(4-12)10-8(3-6)11(14)15/h2-4H,1H3,(H,9,10,13). The molecule has 7 nitrogen and oxygen atoms in total. The van der Waals surface area contributed by atoms with Gasteiger partial charge in [0.2, 0.25) is 11.6 Å². The van der Waals surface area contributed by atoms with Gasteiger partial charge in [0.1, 0.15) is 0 Å². The smallest absolute Gasteiger partial charge is 0.358 e. The summed E-state index contributed by atoms with van der Waals surface area (Å²) in [7, 11) is 0. The molecule has 0 bridgehead atoms. The maximum absolute atomic E-state index is 10.7. The van der Waals surface area contributed by atoms with Crippen molar-refractivity contribution in [3.05, 3.63) is 27.9 Å². The molecule has 1 aromatic heterocycles. The molecule has 1 aromatic rings. The molecule has 1 amide bonds.